The number of ether oxygens (including phenoxy) is 2. The standard InChI is InChI=1S/C20H31N3O3S/c1-5-7-11-22-19(24)16-13-23(20(27)21-6-2)12-15(16)14-9-8-10-17(25-3)18(14)26-4/h8-10,15-16H,5-7,11-13H2,1-4H3,(H,21,27)(H,22,24)/t15-,16+/m1/s1. The van der Waals surface area contributed by atoms with Crippen molar-refractivity contribution >= 4 is 23.2 Å². The van der Waals surface area contributed by atoms with Gasteiger partial charge in [-0.2, -0.15) is 0 Å². The number of unbranched alkanes of at least 4 members (excludes halogenated alkanes) is 1. The summed E-state index contributed by atoms with van der Waals surface area (Å²) in [4.78, 5) is 15.0. The maximum absolute atomic E-state index is 12.9. The Morgan fingerprint density at radius 1 is 1.22 bits per heavy atom. The first-order valence-electron chi connectivity index (χ1n) is 9.58. The van der Waals surface area contributed by atoms with Crippen molar-refractivity contribution in [1.29, 1.82) is 0 Å². The summed E-state index contributed by atoms with van der Waals surface area (Å²) in [5.41, 5.74) is 0.981. The zero-order valence-corrected chi connectivity index (χ0v) is 17.5. The minimum absolute atomic E-state index is 0.0201. The summed E-state index contributed by atoms with van der Waals surface area (Å²) < 4.78 is 11.1. The van der Waals surface area contributed by atoms with Crippen molar-refractivity contribution in [3.63, 3.8) is 0 Å². The summed E-state index contributed by atoms with van der Waals surface area (Å²) in [7, 11) is 3.26. The van der Waals surface area contributed by atoms with Crippen LogP contribution in [-0.4, -0.2) is 56.3 Å². The highest BCUT2D eigenvalue weighted by molar-refractivity contribution is 7.80. The van der Waals surface area contributed by atoms with Crippen molar-refractivity contribution in [1.82, 2.24) is 15.5 Å². The van der Waals surface area contributed by atoms with E-state index in [2.05, 4.69) is 22.5 Å². The lowest BCUT2D eigenvalue weighted by atomic mass is 9.87. The largest absolute Gasteiger partial charge is 0.493 e. The molecule has 7 heteroatoms. The molecule has 2 N–H and O–H groups in total. The van der Waals surface area contributed by atoms with Crippen LogP contribution in [0.15, 0.2) is 18.2 Å². The van der Waals surface area contributed by atoms with E-state index in [4.69, 9.17) is 21.7 Å². The van der Waals surface area contributed by atoms with E-state index >= 15 is 0 Å². The summed E-state index contributed by atoms with van der Waals surface area (Å²) >= 11 is 5.50. The lowest BCUT2D eigenvalue weighted by molar-refractivity contribution is -0.124. The first-order valence-corrected chi connectivity index (χ1v) is 9.99. The van der Waals surface area contributed by atoms with Crippen molar-refractivity contribution in [3.8, 4) is 11.5 Å². The molecule has 1 saturated heterocycles. The van der Waals surface area contributed by atoms with Crippen LogP contribution >= 0.6 is 12.2 Å². The lowest BCUT2D eigenvalue weighted by Gasteiger charge is -2.22. The number of hydrogen-bond donors (Lipinski definition) is 2. The van der Waals surface area contributed by atoms with E-state index in [1.54, 1.807) is 14.2 Å². The number of nitrogens with zero attached hydrogens (tertiary/aromatic N) is 1. The van der Waals surface area contributed by atoms with Gasteiger partial charge >= 0.3 is 0 Å². The molecular weight excluding hydrogens is 362 g/mol. The Bertz CT molecular complexity index is 653. The first-order chi connectivity index (χ1) is 13.1. The average Bonchev–Trinajstić information content (AvgIpc) is 3.13. The zero-order valence-electron chi connectivity index (χ0n) is 16.7. The molecule has 0 aromatic heterocycles. The Morgan fingerprint density at radius 3 is 2.63 bits per heavy atom. The molecule has 0 saturated carbocycles. The van der Waals surface area contributed by atoms with Gasteiger partial charge in [-0.05, 0) is 31.6 Å². The minimum atomic E-state index is -0.195. The van der Waals surface area contributed by atoms with Gasteiger partial charge in [0.25, 0.3) is 0 Å². The molecule has 6 nitrogen and oxygen atoms in total. The highest BCUT2D eigenvalue weighted by Crippen LogP contribution is 2.41. The molecule has 1 aromatic carbocycles. The molecule has 0 unspecified atom stereocenters. The van der Waals surface area contributed by atoms with Crippen LogP contribution in [0.3, 0.4) is 0 Å². The number of benzene rings is 1. The van der Waals surface area contributed by atoms with Crippen LogP contribution in [0.2, 0.25) is 0 Å². The van der Waals surface area contributed by atoms with E-state index in [0.29, 0.717) is 36.2 Å². The van der Waals surface area contributed by atoms with Crippen LogP contribution in [0.25, 0.3) is 0 Å². The van der Waals surface area contributed by atoms with E-state index in [-0.39, 0.29) is 17.7 Å². The molecule has 0 bridgehead atoms. The summed E-state index contributed by atoms with van der Waals surface area (Å²) in [5, 5.41) is 6.96. The van der Waals surface area contributed by atoms with E-state index in [1.165, 1.54) is 0 Å². The van der Waals surface area contributed by atoms with Crippen LogP contribution in [0.4, 0.5) is 0 Å². The van der Waals surface area contributed by atoms with Crippen molar-refractivity contribution < 1.29 is 14.3 Å². The summed E-state index contributed by atoms with van der Waals surface area (Å²) in [6, 6.07) is 5.82. The van der Waals surface area contributed by atoms with E-state index in [1.807, 2.05) is 25.1 Å². The Balaban J connectivity index is 2.31. The highest BCUT2D eigenvalue weighted by Gasteiger charge is 2.41. The predicted octanol–water partition coefficient (Wildman–Crippen LogP) is 2.53. The second kappa shape index (κ2) is 10.3. The molecule has 27 heavy (non-hydrogen) atoms. The normalized spacial score (nSPS) is 18.9. The highest BCUT2D eigenvalue weighted by atomic mass is 32.1. The Hall–Kier alpha value is -2.02. The molecule has 150 valence electrons. The van der Waals surface area contributed by atoms with Gasteiger partial charge < -0.3 is 25.0 Å². The topological polar surface area (TPSA) is 62.8 Å². The van der Waals surface area contributed by atoms with Crippen LogP contribution in [0.5, 0.6) is 11.5 Å². The summed E-state index contributed by atoms with van der Waals surface area (Å²) in [6.45, 7) is 6.85. The minimum Gasteiger partial charge on any atom is -0.493 e. The fourth-order valence-corrected chi connectivity index (χ4v) is 3.83. The molecule has 2 atom stereocenters. The number of hydrogen-bond acceptors (Lipinski definition) is 4. The van der Waals surface area contributed by atoms with Gasteiger partial charge in [-0.25, -0.2) is 0 Å². The molecule has 2 rings (SSSR count). The van der Waals surface area contributed by atoms with Crippen molar-refractivity contribution in [2.24, 2.45) is 5.92 Å². The number of carbonyl (C=O) groups is 1. The SMILES string of the molecule is CCCCNC(=O)[C@H]1CN(C(=S)NCC)C[C@@H]1c1cccc(OC)c1OC. The second-order valence-corrected chi connectivity index (χ2v) is 7.07. The van der Waals surface area contributed by atoms with Gasteiger partial charge in [-0.15, -0.1) is 0 Å². The lowest BCUT2D eigenvalue weighted by Crippen LogP contribution is -2.39. The monoisotopic (exact) mass is 393 g/mol. The number of methoxy groups -OCH3 is 2. The molecule has 1 aliphatic rings. The van der Waals surface area contributed by atoms with Gasteiger partial charge in [-0.3, -0.25) is 4.79 Å². The quantitative estimate of drug-likeness (QED) is 0.523. The Labute approximate surface area is 167 Å². The van der Waals surface area contributed by atoms with Crippen LogP contribution in [0.1, 0.15) is 38.2 Å². The first kappa shape index (κ1) is 21.3. The van der Waals surface area contributed by atoms with Crippen LogP contribution in [-0.2, 0) is 4.79 Å². The van der Waals surface area contributed by atoms with Gasteiger partial charge in [0, 0.05) is 37.7 Å². The third kappa shape index (κ3) is 5.03. The van der Waals surface area contributed by atoms with Crippen molar-refractivity contribution in [3.05, 3.63) is 23.8 Å². The van der Waals surface area contributed by atoms with Gasteiger partial charge in [0.1, 0.15) is 0 Å². The van der Waals surface area contributed by atoms with E-state index in [0.717, 1.165) is 24.9 Å². The Kier molecular flexibility index (Phi) is 8.16. The number of para-hydroxylation sites is 1. The van der Waals surface area contributed by atoms with Crippen molar-refractivity contribution in [2.75, 3.05) is 40.4 Å². The summed E-state index contributed by atoms with van der Waals surface area (Å²) in [5.74, 6) is 1.22. The van der Waals surface area contributed by atoms with Crippen LogP contribution < -0.4 is 20.1 Å². The Morgan fingerprint density at radius 2 is 2.00 bits per heavy atom. The molecule has 0 radical (unpaired) electrons. The average molecular weight is 394 g/mol. The summed E-state index contributed by atoms with van der Waals surface area (Å²) in [6.07, 6.45) is 2.03. The fraction of sp³-hybridized carbons (Fsp3) is 0.600. The maximum Gasteiger partial charge on any atom is 0.225 e. The molecule has 1 aliphatic heterocycles. The number of likely N-dealkylation sites (tertiary alicyclic amines) is 1. The number of thiocarbonyl (C=S) groups is 1. The predicted molar refractivity (Wildman–Crippen MR) is 112 cm³/mol. The van der Waals surface area contributed by atoms with Gasteiger partial charge in [0.2, 0.25) is 5.91 Å². The fourth-order valence-electron chi connectivity index (χ4n) is 3.54. The van der Waals surface area contributed by atoms with Gasteiger partial charge in [-0.1, -0.05) is 25.5 Å². The third-order valence-corrected chi connectivity index (χ3v) is 5.34. The molecule has 1 aromatic rings. The molecule has 1 fully saturated rings. The third-order valence-electron chi connectivity index (χ3n) is 4.93. The number of carbonyl (C=O) groups excluding carboxylic acids is 1. The molecular formula is C20H31N3O3S. The van der Waals surface area contributed by atoms with Crippen LogP contribution in [0, 0.1) is 5.92 Å². The molecule has 0 spiro atoms. The molecule has 1 amide bonds. The maximum atomic E-state index is 12.9. The smallest absolute Gasteiger partial charge is 0.225 e. The number of rotatable bonds is 8. The zero-order chi connectivity index (χ0) is 19.8. The van der Waals surface area contributed by atoms with E-state index in [9.17, 15) is 4.79 Å². The van der Waals surface area contributed by atoms with Gasteiger partial charge in [0.05, 0.1) is 20.1 Å². The molecule has 1 heterocycles. The van der Waals surface area contributed by atoms with Gasteiger partial charge in [0.15, 0.2) is 16.6 Å². The second-order valence-electron chi connectivity index (χ2n) is 6.68. The van der Waals surface area contributed by atoms with Crippen molar-refractivity contribution in [2.45, 2.75) is 32.6 Å². The number of nitrogens with one attached hydrogen (secondary N) is 2. The molecule has 0 aliphatic carbocycles. The van der Waals surface area contributed by atoms with E-state index < -0.39 is 0 Å². The number of amides is 1.